The summed E-state index contributed by atoms with van der Waals surface area (Å²) in [7, 11) is 5.00. The number of hydrogen-bond acceptors (Lipinski definition) is 4. The molecule has 1 aromatic carbocycles. The molecule has 0 saturated carbocycles. The number of carbonyl (C=O) groups excluding carboxylic acids is 2. The van der Waals surface area contributed by atoms with Crippen molar-refractivity contribution in [2.75, 3.05) is 26.5 Å². The molecule has 0 saturated heterocycles. The number of benzene rings is 1. The van der Waals surface area contributed by atoms with Gasteiger partial charge in [0.05, 0.1) is 18.2 Å². The van der Waals surface area contributed by atoms with E-state index in [2.05, 4.69) is 10.1 Å². The van der Waals surface area contributed by atoms with Gasteiger partial charge in [-0.25, -0.2) is 4.79 Å². The number of amides is 1. The number of nitrogens with zero attached hydrogens (tertiary/aromatic N) is 1. The predicted octanol–water partition coefficient (Wildman–Crippen LogP) is 1.33. The molecule has 0 atom stereocenters. The van der Waals surface area contributed by atoms with Crippen LogP contribution in [0, 0.1) is 0 Å². The Morgan fingerprint density at radius 1 is 1.39 bits per heavy atom. The van der Waals surface area contributed by atoms with Gasteiger partial charge in [0.1, 0.15) is 0 Å². The minimum absolute atomic E-state index is 0.166. The van der Waals surface area contributed by atoms with Crippen molar-refractivity contribution in [1.82, 2.24) is 4.90 Å². The van der Waals surface area contributed by atoms with E-state index in [1.165, 1.54) is 7.11 Å². The van der Waals surface area contributed by atoms with Gasteiger partial charge in [-0.15, -0.1) is 0 Å². The van der Waals surface area contributed by atoms with Crippen LogP contribution >= 0.6 is 0 Å². The number of ether oxygens (including phenoxy) is 1. The second-order valence-corrected chi connectivity index (χ2v) is 4.21. The normalized spacial score (nSPS) is 15.3. The molecule has 0 radical (unpaired) electrons. The zero-order chi connectivity index (χ0) is 13.3. The van der Waals surface area contributed by atoms with Crippen LogP contribution in [0.1, 0.15) is 15.9 Å². The SMILES string of the molecule is COC(=O)c1ccc2c(c1)/C(=C/N(C)C)C(=O)N2. The van der Waals surface area contributed by atoms with Crippen LogP contribution in [-0.4, -0.2) is 38.0 Å². The topological polar surface area (TPSA) is 58.6 Å². The summed E-state index contributed by atoms with van der Waals surface area (Å²) in [6, 6.07) is 4.99. The number of nitrogens with one attached hydrogen (secondary N) is 1. The Kier molecular flexibility index (Phi) is 3.06. The van der Waals surface area contributed by atoms with Gasteiger partial charge in [0, 0.05) is 31.5 Å². The Hall–Kier alpha value is -2.30. The van der Waals surface area contributed by atoms with Crippen LogP contribution in [0.2, 0.25) is 0 Å². The highest BCUT2D eigenvalue weighted by molar-refractivity contribution is 6.31. The average molecular weight is 246 g/mol. The van der Waals surface area contributed by atoms with E-state index in [0.717, 1.165) is 5.56 Å². The van der Waals surface area contributed by atoms with Gasteiger partial charge < -0.3 is 15.0 Å². The lowest BCUT2D eigenvalue weighted by Crippen LogP contribution is -2.08. The first-order valence-electron chi connectivity index (χ1n) is 5.45. The van der Waals surface area contributed by atoms with Crippen molar-refractivity contribution < 1.29 is 14.3 Å². The standard InChI is InChI=1S/C13H14N2O3/c1-15(2)7-10-9-6-8(13(17)18-3)4-5-11(9)14-12(10)16/h4-7H,1-3H3,(H,14,16)/b10-7-. The number of methoxy groups -OCH3 is 1. The largest absolute Gasteiger partial charge is 0.465 e. The maximum atomic E-state index is 11.8. The minimum Gasteiger partial charge on any atom is -0.465 e. The fourth-order valence-electron chi connectivity index (χ4n) is 1.82. The summed E-state index contributed by atoms with van der Waals surface area (Å²) in [6.45, 7) is 0. The number of hydrogen-bond donors (Lipinski definition) is 1. The molecule has 0 spiro atoms. The van der Waals surface area contributed by atoms with Crippen LogP contribution in [0.3, 0.4) is 0 Å². The number of esters is 1. The van der Waals surface area contributed by atoms with Gasteiger partial charge in [-0.05, 0) is 18.2 Å². The summed E-state index contributed by atoms with van der Waals surface area (Å²) in [5.74, 6) is -0.581. The summed E-state index contributed by atoms with van der Waals surface area (Å²) in [5.41, 5.74) is 2.40. The highest BCUT2D eigenvalue weighted by Crippen LogP contribution is 2.32. The Balaban J connectivity index is 2.49. The van der Waals surface area contributed by atoms with E-state index in [-0.39, 0.29) is 5.91 Å². The summed E-state index contributed by atoms with van der Waals surface area (Å²) in [5, 5.41) is 2.75. The third-order valence-electron chi connectivity index (χ3n) is 2.61. The summed E-state index contributed by atoms with van der Waals surface area (Å²) >= 11 is 0. The number of anilines is 1. The van der Waals surface area contributed by atoms with Crippen LogP contribution in [0.4, 0.5) is 5.69 Å². The first-order valence-corrected chi connectivity index (χ1v) is 5.45. The molecule has 5 nitrogen and oxygen atoms in total. The Morgan fingerprint density at radius 3 is 2.72 bits per heavy atom. The molecule has 5 heteroatoms. The second kappa shape index (κ2) is 4.52. The van der Waals surface area contributed by atoms with Crippen LogP contribution in [-0.2, 0) is 9.53 Å². The van der Waals surface area contributed by atoms with Crippen molar-refractivity contribution in [3.8, 4) is 0 Å². The number of carbonyl (C=O) groups is 2. The van der Waals surface area contributed by atoms with Gasteiger partial charge in [0.15, 0.2) is 0 Å². The van der Waals surface area contributed by atoms with E-state index < -0.39 is 5.97 Å². The van der Waals surface area contributed by atoms with E-state index in [1.807, 2.05) is 14.1 Å². The van der Waals surface area contributed by atoms with Gasteiger partial charge in [0.25, 0.3) is 5.91 Å². The first kappa shape index (κ1) is 12.2. The van der Waals surface area contributed by atoms with Crippen molar-refractivity contribution in [3.63, 3.8) is 0 Å². The quantitative estimate of drug-likeness (QED) is 0.631. The fourth-order valence-corrected chi connectivity index (χ4v) is 1.82. The van der Waals surface area contributed by atoms with Gasteiger partial charge in [0.2, 0.25) is 0 Å². The van der Waals surface area contributed by atoms with Crippen LogP contribution in [0.15, 0.2) is 24.4 Å². The smallest absolute Gasteiger partial charge is 0.337 e. The summed E-state index contributed by atoms with van der Waals surface area (Å²) in [4.78, 5) is 25.0. The number of rotatable bonds is 2. The number of fused-ring (bicyclic) bond motifs is 1. The van der Waals surface area contributed by atoms with Crippen LogP contribution < -0.4 is 5.32 Å². The summed E-state index contributed by atoms with van der Waals surface area (Å²) < 4.78 is 4.67. The second-order valence-electron chi connectivity index (χ2n) is 4.21. The zero-order valence-corrected chi connectivity index (χ0v) is 10.5. The molecule has 0 fully saturated rings. The highest BCUT2D eigenvalue weighted by atomic mass is 16.5. The van der Waals surface area contributed by atoms with E-state index in [1.54, 1.807) is 29.3 Å². The van der Waals surface area contributed by atoms with Gasteiger partial charge in [-0.3, -0.25) is 4.79 Å². The lowest BCUT2D eigenvalue weighted by atomic mass is 10.0. The molecule has 1 aliphatic rings. The predicted molar refractivity (Wildman–Crippen MR) is 68.1 cm³/mol. The Morgan fingerprint density at radius 2 is 2.11 bits per heavy atom. The molecule has 1 aliphatic heterocycles. The molecule has 0 unspecified atom stereocenters. The Labute approximate surface area is 105 Å². The van der Waals surface area contributed by atoms with Gasteiger partial charge in [-0.1, -0.05) is 0 Å². The van der Waals surface area contributed by atoms with E-state index >= 15 is 0 Å². The average Bonchev–Trinajstić information content (AvgIpc) is 2.64. The van der Waals surface area contributed by atoms with E-state index in [0.29, 0.717) is 16.8 Å². The molecule has 94 valence electrons. The molecular formula is C13H14N2O3. The lowest BCUT2D eigenvalue weighted by Gasteiger charge is -2.07. The highest BCUT2D eigenvalue weighted by Gasteiger charge is 2.25. The first-order chi connectivity index (χ1) is 8.52. The third-order valence-corrected chi connectivity index (χ3v) is 2.61. The van der Waals surface area contributed by atoms with Gasteiger partial charge in [-0.2, -0.15) is 0 Å². The Bertz CT molecular complexity index is 547. The lowest BCUT2D eigenvalue weighted by molar-refractivity contribution is -0.110. The molecule has 1 heterocycles. The molecule has 1 amide bonds. The molecule has 2 rings (SSSR count). The van der Waals surface area contributed by atoms with Crippen molar-refractivity contribution in [2.45, 2.75) is 0 Å². The van der Waals surface area contributed by atoms with Crippen LogP contribution in [0.5, 0.6) is 0 Å². The maximum absolute atomic E-state index is 11.8. The van der Waals surface area contributed by atoms with Crippen molar-refractivity contribution in [3.05, 3.63) is 35.5 Å². The third kappa shape index (κ3) is 2.07. The molecule has 1 aromatic rings. The maximum Gasteiger partial charge on any atom is 0.337 e. The molecule has 0 aliphatic carbocycles. The monoisotopic (exact) mass is 246 g/mol. The molecule has 18 heavy (non-hydrogen) atoms. The van der Waals surface area contributed by atoms with Crippen molar-refractivity contribution >= 4 is 23.1 Å². The van der Waals surface area contributed by atoms with Crippen molar-refractivity contribution in [1.29, 1.82) is 0 Å². The molecular weight excluding hydrogens is 232 g/mol. The molecule has 1 N–H and O–H groups in total. The van der Waals surface area contributed by atoms with Gasteiger partial charge >= 0.3 is 5.97 Å². The van der Waals surface area contributed by atoms with Crippen LogP contribution in [0.25, 0.3) is 5.57 Å². The molecule has 0 bridgehead atoms. The summed E-state index contributed by atoms with van der Waals surface area (Å²) in [6.07, 6.45) is 1.72. The minimum atomic E-state index is -0.415. The van der Waals surface area contributed by atoms with Crippen molar-refractivity contribution in [2.24, 2.45) is 0 Å². The van der Waals surface area contributed by atoms with E-state index in [9.17, 15) is 9.59 Å². The zero-order valence-electron chi connectivity index (χ0n) is 10.5. The van der Waals surface area contributed by atoms with E-state index in [4.69, 9.17) is 0 Å². The fraction of sp³-hybridized carbons (Fsp3) is 0.231. The molecule has 0 aromatic heterocycles.